The number of para-hydroxylation sites is 1. The molecule has 7 nitrogen and oxygen atoms in total. The molecule has 190 valence electrons. The third kappa shape index (κ3) is 9.07. The highest BCUT2D eigenvalue weighted by atomic mass is 79.9. The average Bonchev–Trinajstić information content (AvgIpc) is 3.32. The van der Waals surface area contributed by atoms with Gasteiger partial charge in [-0.25, -0.2) is 10.1 Å². The van der Waals surface area contributed by atoms with Gasteiger partial charge in [0.15, 0.2) is 0 Å². The number of nitrogens with zero attached hydrogens (tertiary/aromatic N) is 3. The molecule has 0 aliphatic carbocycles. The minimum atomic E-state index is -0.375. The molecule has 0 bridgehead atoms. The molecule has 1 heterocycles. The van der Waals surface area contributed by atoms with Crippen LogP contribution < -0.4 is 10.7 Å². The Balaban J connectivity index is 1.52. The van der Waals surface area contributed by atoms with E-state index in [0.29, 0.717) is 6.42 Å². The van der Waals surface area contributed by atoms with Crippen LogP contribution in [-0.4, -0.2) is 34.4 Å². The van der Waals surface area contributed by atoms with Gasteiger partial charge in [0.1, 0.15) is 5.69 Å². The molecule has 0 aliphatic rings. The smallest absolute Gasteiger partial charge is 0.259 e. The van der Waals surface area contributed by atoms with Crippen LogP contribution in [0.15, 0.2) is 70.4 Å². The molecule has 0 saturated heterocycles. The van der Waals surface area contributed by atoms with Crippen LogP contribution in [0.3, 0.4) is 0 Å². The van der Waals surface area contributed by atoms with Crippen molar-refractivity contribution < 1.29 is 9.59 Å². The van der Waals surface area contributed by atoms with Crippen molar-refractivity contribution in [2.45, 2.75) is 58.3 Å². The summed E-state index contributed by atoms with van der Waals surface area (Å²) >= 11 is 3.46. The molecule has 0 radical (unpaired) electrons. The summed E-state index contributed by atoms with van der Waals surface area (Å²) in [4.78, 5) is 24.2. The normalized spacial score (nSPS) is 11.1. The van der Waals surface area contributed by atoms with Gasteiger partial charge in [-0.05, 0) is 30.7 Å². The van der Waals surface area contributed by atoms with E-state index in [1.807, 2.05) is 60.8 Å². The Morgan fingerprint density at radius 1 is 0.944 bits per heavy atom. The summed E-state index contributed by atoms with van der Waals surface area (Å²) in [5, 5.41) is 11.5. The molecule has 3 aromatic rings. The first-order chi connectivity index (χ1) is 17.6. The van der Waals surface area contributed by atoms with Crippen molar-refractivity contribution in [3.05, 3.63) is 70.8 Å². The molecular weight excluding hydrogens is 518 g/mol. The second-order valence-electron chi connectivity index (χ2n) is 8.66. The van der Waals surface area contributed by atoms with Crippen molar-refractivity contribution in [3.8, 4) is 16.9 Å². The first-order valence-corrected chi connectivity index (χ1v) is 13.4. The largest absolute Gasteiger partial charge is 0.347 e. The summed E-state index contributed by atoms with van der Waals surface area (Å²) in [5.74, 6) is -0.482. The molecule has 2 amide bonds. The molecule has 0 atom stereocenters. The molecule has 0 spiro atoms. The van der Waals surface area contributed by atoms with Gasteiger partial charge in [-0.15, -0.1) is 0 Å². The first-order valence-electron chi connectivity index (χ1n) is 12.6. The van der Waals surface area contributed by atoms with Crippen molar-refractivity contribution in [3.63, 3.8) is 0 Å². The standard InChI is InChI=1S/C28H34BrN5O2/c1-2-3-4-5-6-7-11-14-26(35)30-20-27(36)32-31-19-23-21-34(25-12-9-8-10-13-25)33-28(23)22-15-17-24(29)18-16-22/h8-10,12-13,15-19,21H,2-7,11,14,20H2,1H3,(H,30,35)(H,32,36)/b31-19-. The van der Waals surface area contributed by atoms with E-state index in [0.717, 1.165) is 46.2 Å². The maximum atomic E-state index is 12.2. The van der Waals surface area contributed by atoms with E-state index in [1.165, 1.54) is 25.7 Å². The van der Waals surface area contributed by atoms with Crippen molar-refractivity contribution in [1.82, 2.24) is 20.5 Å². The molecule has 36 heavy (non-hydrogen) atoms. The Bertz CT molecular complexity index is 1130. The zero-order valence-corrected chi connectivity index (χ0v) is 22.3. The number of halogens is 1. The molecule has 3 rings (SSSR count). The molecule has 0 aliphatic heterocycles. The van der Waals surface area contributed by atoms with Crippen molar-refractivity contribution >= 4 is 34.0 Å². The Kier molecular flexibility index (Phi) is 11.4. The molecule has 2 N–H and O–H groups in total. The van der Waals surface area contributed by atoms with Crippen molar-refractivity contribution in [2.75, 3.05) is 6.54 Å². The van der Waals surface area contributed by atoms with E-state index in [-0.39, 0.29) is 18.4 Å². The van der Waals surface area contributed by atoms with E-state index < -0.39 is 0 Å². The van der Waals surface area contributed by atoms with E-state index in [4.69, 9.17) is 5.10 Å². The lowest BCUT2D eigenvalue weighted by molar-refractivity contribution is -0.126. The number of carbonyl (C=O) groups excluding carboxylic acids is 2. The molecule has 2 aromatic carbocycles. The molecule has 1 aromatic heterocycles. The number of unbranched alkanes of at least 4 members (excludes halogenated alkanes) is 6. The quantitative estimate of drug-likeness (QED) is 0.146. The topological polar surface area (TPSA) is 88.4 Å². The molecule has 0 fully saturated rings. The zero-order chi connectivity index (χ0) is 25.6. The van der Waals surface area contributed by atoms with Crippen LogP contribution in [-0.2, 0) is 9.59 Å². The Labute approximate surface area is 221 Å². The summed E-state index contributed by atoms with van der Waals surface area (Å²) in [6.45, 7) is 2.10. The molecular formula is C28H34BrN5O2. The van der Waals surface area contributed by atoms with E-state index >= 15 is 0 Å². The number of hydrazone groups is 1. The Morgan fingerprint density at radius 2 is 1.64 bits per heavy atom. The predicted octanol–water partition coefficient (Wildman–Crippen LogP) is 6.01. The Hall–Kier alpha value is -3.26. The highest BCUT2D eigenvalue weighted by Gasteiger charge is 2.11. The average molecular weight is 553 g/mol. The number of nitrogens with one attached hydrogen (secondary N) is 2. The fourth-order valence-corrected chi connectivity index (χ4v) is 4.01. The summed E-state index contributed by atoms with van der Waals surface area (Å²) in [7, 11) is 0. The summed E-state index contributed by atoms with van der Waals surface area (Å²) < 4.78 is 2.76. The van der Waals surface area contributed by atoms with Gasteiger partial charge in [0.25, 0.3) is 5.91 Å². The fraction of sp³-hybridized carbons (Fsp3) is 0.357. The summed E-state index contributed by atoms with van der Waals surface area (Å²) in [5.41, 5.74) is 5.84. The third-order valence-corrected chi connectivity index (χ3v) is 6.26. The number of amides is 2. The monoisotopic (exact) mass is 551 g/mol. The van der Waals surface area contributed by atoms with Crippen LogP contribution in [0.4, 0.5) is 0 Å². The highest BCUT2D eigenvalue weighted by Crippen LogP contribution is 2.24. The van der Waals surface area contributed by atoms with E-state index in [2.05, 4.69) is 38.7 Å². The maximum Gasteiger partial charge on any atom is 0.259 e. The van der Waals surface area contributed by atoms with Crippen LogP contribution in [0.1, 0.15) is 63.9 Å². The second-order valence-corrected chi connectivity index (χ2v) is 9.58. The van der Waals surface area contributed by atoms with Gasteiger partial charge in [-0.3, -0.25) is 9.59 Å². The van der Waals surface area contributed by atoms with Crippen LogP contribution in [0.2, 0.25) is 0 Å². The Morgan fingerprint density at radius 3 is 2.36 bits per heavy atom. The van der Waals surface area contributed by atoms with E-state index in [9.17, 15) is 9.59 Å². The van der Waals surface area contributed by atoms with Crippen LogP contribution in [0.25, 0.3) is 16.9 Å². The van der Waals surface area contributed by atoms with Crippen molar-refractivity contribution in [1.29, 1.82) is 0 Å². The van der Waals surface area contributed by atoms with Gasteiger partial charge in [0.05, 0.1) is 18.4 Å². The SMILES string of the molecule is CCCCCCCCCC(=O)NCC(=O)N/N=C\c1cn(-c2ccccc2)nc1-c1ccc(Br)cc1. The fourth-order valence-electron chi connectivity index (χ4n) is 3.75. The summed E-state index contributed by atoms with van der Waals surface area (Å²) in [6.07, 6.45) is 11.9. The minimum absolute atomic E-state index is 0.102. The number of carbonyl (C=O) groups is 2. The van der Waals surface area contributed by atoms with Crippen LogP contribution in [0.5, 0.6) is 0 Å². The number of rotatable bonds is 14. The number of aromatic nitrogens is 2. The third-order valence-electron chi connectivity index (χ3n) is 5.73. The lowest BCUT2D eigenvalue weighted by Gasteiger charge is -2.04. The highest BCUT2D eigenvalue weighted by molar-refractivity contribution is 9.10. The first kappa shape index (κ1) is 27.3. The van der Waals surface area contributed by atoms with Gasteiger partial charge in [0, 0.05) is 28.2 Å². The lowest BCUT2D eigenvalue weighted by Crippen LogP contribution is -2.34. The zero-order valence-electron chi connectivity index (χ0n) is 20.8. The molecule has 0 saturated carbocycles. The number of hydrogen-bond donors (Lipinski definition) is 2. The minimum Gasteiger partial charge on any atom is -0.347 e. The number of benzene rings is 2. The predicted molar refractivity (Wildman–Crippen MR) is 148 cm³/mol. The van der Waals surface area contributed by atoms with E-state index in [1.54, 1.807) is 10.9 Å². The van der Waals surface area contributed by atoms with Gasteiger partial charge in [0.2, 0.25) is 5.91 Å². The van der Waals surface area contributed by atoms with Gasteiger partial charge >= 0.3 is 0 Å². The van der Waals surface area contributed by atoms with Crippen LogP contribution in [0, 0.1) is 0 Å². The van der Waals surface area contributed by atoms with Crippen LogP contribution >= 0.6 is 15.9 Å². The number of hydrogen-bond acceptors (Lipinski definition) is 4. The van der Waals surface area contributed by atoms with Gasteiger partial charge in [-0.1, -0.05) is 91.7 Å². The van der Waals surface area contributed by atoms with Gasteiger partial charge < -0.3 is 5.32 Å². The molecule has 0 unspecified atom stereocenters. The maximum absolute atomic E-state index is 12.2. The second kappa shape index (κ2) is 15.0. The van der Waals surface area contributed by atoms with Gasteiger partial charge in [-0.2, -0.15) is 10.2 Å². The lowest BCUT2D eigenvalue weighted by atomic mass is 10.1. The summed E-state index contributed by atoms with van der Waals surface area (Å²) in [6, 6.07) is 17.6. The molecule has 8 heteroatoms. The van der Waals surface area contributed by atoms with Crippen molar-refractivity contribution in [2.24, 2.45) is 5.10 Å².